The van der Waals surface area contributed by atoms with Crippen molar-refractivity contribution >= 4 is 34.2 Å². The number of aliphatic carboxylic acids is 1. The third-order valence-corrected chi connectivity index (χ3v) is 2.47. The summed E-state index contributed by atoms with van der Waals surface area (Å²) in [6.45, 7) is 0.468. The molecule has 1 aromatic carbocycles. The predicted molar refractivity (Wildman–Crippen MR) is 59.9 cm³/mol. The third-order valence-electron chi connectivity index (χ3n) is 1.53. The van der Waals surface area contributed by atoms with E-state index in [0.29, 0.717) is 6.54 Å². The minimum absolute atomic E-state index is 0.144. The Kier molecular flexibility index (Phi) is 4.01. The van der Waals surface area contributed by atoms with E-state index in [1.807, 2.05) is 24.3 Å². The molecule has 0 atom stereocenters. The largest absolute Gasteiger partial charge is 0.481 e. The number of carboxylic acids is 1. The highest BCUT2D eigenvalue weighted by Crippen LogP contribution is 2.16. The van der Waals surface area contributed by atoms with E-state index in [-0.39, 0.29) is 6.42 Å². The first-order valence-corrected chi connectivity index (χ1v) is 4.98. The SMILES string of the molecule is O=C(O)CCNc1ccccc1I. The van der Waals surface area contributed by atoms with Gasteiger partial charge in [0.05, 0.1) is 6.42 Å². The molecule has 0 aromatic heterocycles. The van der Waals surface area contributed by atoms with Gasteiger partial charge in [-0.2, -0.15) is 0 Å². The Labute approximate surface area is 90.3 Å². The smallest absolute Gasteiger partial charge is 0.305 e. The fourth-order valence-corrected chi connectivity index (χ4v) is 1.49. The molecule has 3 nitrogen and oxygen atoms in total. The molecule has 4 heteroatoms. The van der Waals surface area contributed by atoms with Crippen LogP contribution in [0.1, 0.15) is 6.42 Å². The molecule has 13 heavy (non-hydrogen) atoms. The molecule has 0 saturated heterocycles. The van der Waals surface area contributed by atoms with Gasteiger partial charge in [0.1, 0.15) is 0 Å². The molecule has 0 spiro atoms. The van der Waals surface area contributed by atoms with Gasteiger partial charge in [0.2, 0.25) is 0 Å². The van der Waals surface area contributed by atoms with Crippen LogP contribution in [0, 0.1) is 3.57 Å². The first-order valence-electron chi connectivity index (χ1n) is 3.90. The second-order valence-electron chi connectivity index (χ2n) is 2.55. The highest BCUT2D eigenvalue weighted by molar-refractivity contribution is 14.1. The van der Waals surface area contributed by atoms with Gasteiger partial charge >= 0.3 is 5.97 Å². The fourth-order valence-electron chi connectivity index (χ4n) is 0.909. The molecule has 0 bridgehead atoms. The van der Waals surface area contributed by atoms with Crippen LogP contribution < -0.4 is 5.32 Å². The van der Waals surface area contributed by atoms with Gasteiger partial charge in [0.25, 0.3) is 0 Å². The molecule has 0 fully saturated rings. The van der Waals surface area contributed by atoms with Crippen LogP contribution in [0.15, 0.2) is 24.3 Å². The maximum absolute atomic E-state index is 10.2. The zero-order valence-electron chi connectivity index (χ0n) is 6.96. The molecule has 1 rings (SSSR count). The summed E-state index contributed by atoms with van der Waals surface area (Å²) in [5, 5.41) is 11.5. The molecule has 0 saturated carbocycles. The van der Waals surface area contributed by atoms with Crippen LogP contribution >= 0.6 is 22.6 Å². The molecule has 0 aliphatic heterocycles. The lowest BCUT2D eigenvalue weighted by Gasteiger charge is -2.05. The molecule has 70 valence electrons. The molecule has 0 aliphatic rings. The summed E-state index contributed by atoms with van der Waals surface area (Å²) in [5.74, 6) is -0.779. The van der Waals surface area contributed by atoms with Gasteiger partial charge in [0, 0.05) is 15.8 Å². The van der Waals surface area contributed by atoms with Gasteiger partial charge in [-0.05, 0) is 34.7 Å². The lowest BCUT2D eigenvalue weighted by atomic mass is 10.3. The van der Waals surface area contributed by atoms with Crippen molar-refractivity contribution in [3.63, 3.8) is 0 Å². The topological polar surface area (TPSA) is 49.3 Å². The standard InChI is InChI=1S/C9H10INO2/c10-7-3-1-2-4-8(7)11-6-5-9(12)13/h1-4,11H,5-6H2,(H,12,13). The van der Waals surface area contributed by atoms with E-state index < -0.39 is 5.97 Å². The number of carboxylic acid groups (broad SMARTS) is 1. The number of rotatable bonds is 4. The Bertz CT molecular complexity index is 301. The molecule has 2 N–H and O–H groups in total. The Morgan fingerprint density at radius 1 is 1.46 bits per heavy atom. The quantitative estimate of drug-likeness (QED) is 0.836. The first-order chi connectivity index (χ1) is 6.20. The highest BCUT2D eigenvalue weighted by atomic mass is 127. The second kappa shape index (κ2) is 5.06. The van der Waals surface area contributed by atoms with Crippen molar-refractivity contribution in [1.29, 1.82) is 0 Å². The van der Waals surface area contributed by atoms with Crippen LogP contribution in [0.2, 0.25) is 0 Å². The molecule has 0 aliphatic carbocycles. The number of halogens is 1. The Morgan fingerprint density at radius 3 is 2.77 bits per heavy atom. The molecule has 0 amide bonds. The van der Waals surface area contributed by atoms with E-state index in [2.05, 4.69) is 27.9 Å². The van der Waals surface area contributed by atoms with Crippen LogP contribution in [0.25, 0.3) is 0 Å². The maximum Gasteiger partial charge on any atom is 0.305 e. The van der Waals surface area contributed by atoms with Gasteiger partial charge in [-0.15, -0.1) is 0 Å². The Morgan fingerprint density at radius 2 is 2.15 bits per heavy atom. The summed E-state index contributed by atoms with van der Waals surface area (Å²) in [6, 6.07) is 7.78. The summed E-state index contributed by atoms with van der Waals surface area (Å²) in [4.78, 5) is 10.2. The summed E-state index contributed by atoms with van der Waals surface area (Å²) in [7, 11) is 0. The number of carbonyl (C=O) groups is 1. The molecular weight excluding hydrogens is 281 g/mol. The third kappa shape index (κ3) is 3.63. The number of nitrogens with one attached hydrogen (secondary N) is 1. The van der Waals surface area contributed by atoms with E-state index in [1.165, 1.54) is 0 Å². The Balaban J connectivity index is 2.45. The van der Waals surface area contributed by atoms with E-state index in [1.54, 1.807) is 0 Å². The molecule has 0 heterocycles. The van der Waals surface area contributed by atoms with Crippen LogP contribution in [-0.4, -0.2) is 17.6 Å². The fraction of sp³-hybridized carbons (Fsp3) is 0.222. The van der Waals surface area contributed by atoms with Crippen molar-refractivity contribution in [2.75, 3.05) is 11.9 Å². The second-order valence-corrected chi connectivity index (χ2v) is 3.71. The van der Waals surface area contributed by atoms with E-state index in [4.69, 9.17) is 5.11 Å². The monoisotopic (exact) mass is 291 g/mol. The number of anilines is 1. The van der Waals surface area contributed by atoms with Crippen molar-refractivity contribution in [2.24, 2.45) is 0 Å². The van der Waals surface area contributed by atoms with Crippen LogP contribution in [0.5, 0.6) is 0 Å². The van der Waals surface area contributed by atoms with Gasteiger partial charge in [-0.3, -0.25) is 4.79 Å². The van der Waals surface area contributed by atoms with Crippen LogP contribution in [0.3, 0.4) is 0 Å². The van der Waals surface area contributed by atoms with Crippen molar-refractivity contribution in [3.8, 4) is 0 Å². The number of benzene rings is 1. The minimum Gasteiger partial charge on any atom is -0.481 e. The summed E-state index contributed by atoms with van der Waals surface area (Å²) < 4.78 is 1.10. The van der Waals surface area contributed by atoms with Crippen LogP contribution in [-0.2, 0) is 4.79 Å². The lowest BCUT2D eigenvalue weighted by molar-refractivity contribution is -0.136. The molecule has 1 aromatic rings. The first kappa shape index (κ1) is 10.3. The van der Waals surface area contributed by atoms with Crippen LogP contribution in [0.4, 0.5) is 5.69 Å². The van der Waals surface area contributed by atoms with Gasteiger partial charge in [-0.25, -0.2) is 0 Å². The zero-order valence-corrected chi connectivity index (χ0v) is 9.11. The summed E-state index contributed by atoms with van der Waals surface area (Å²) >= 11 is 2.21. The minimum atomic E-state index is -0.779. The maximum atomic E-state index is 10.2. The van der Waals surface area contributed by atoms with Gasteiger partial charge in [-0.1, -0.05) is 12.1 Å². The number of hydrogen-bond donors (Lipinski definition) is 2. The summed E-state index contributed by atoms with van der Waals surface area (Å²) in [5.41, 5.74) is 0.990. The van der Waals surface area contributed by atoms with E-state index >= 15 is 0 Å². The van der Waals surface area contributed by atoms with Crippen molar-refractivity contribution < 1.29 is 9.90 Å². The normalized spacial score (nSPS) is 9.62. The van der Waals surface area contributed by atoms with Crippen molar-refractivity contribution in [3.05, 3.63) is 27.8 Å². The zero-order chi connectivity index (χ0) is 9.68. The van der Waals surface area contributed by atoms with E-state index in [9.17, 15) is 4.79 Å². The Hall–Kier alpha value is -0.780. The van der Waals surface area contributed by atoms with Gasteiger partial charge in [0.15, 0.2) is 0 Å². The van der Waals surface area contributed by atoms with Gasteiger partial charge < -0.3 is 10.4 Å². The average molecular weight is 291 g/mol. The average Bonchev–Trinajstić information content (AvgIpc) is 2.08. The van der Waals surface area contributed by atoms with E-state index in [0.717, 1.165) is 9.26 Å². The molecule has 0 radical (unpaired) electrons. The predicted octanol–water partition coefficient (Wildman–Crippen LogP) is 2.18. The number of para-hydroxylation sites is 1. The van der Waals surface area contributed by atoms with Crippen molar-refractivity contribution in [1.82, 2.24) is 0 Å². The number of hydrogen-bond acceptors (Lipinski definition) is 2. The van der Waals surface area contributed by atoms with Crippen molar-refractivity contribution in [2.45, 2.75) is 6.42 Å². The highest BCUT2D eigenvalue weighted by Gasteiger charge is 1.98. The molecular formula is C9H10INO2. The molecule has 0 unspecified atom stereocenters. The lowest BCUT2D eigenvalue weighted by Crippen LogP contribution is -2.08. The summed E-state index contributed by atoms with van der Waals surface area (Å²) in [6.07, 6.45) is 0.144.